The van der Waals surface area contributed by atoms with Gasteiger partial charge in [-0.1, -0.05) is 13.8 Å². The molecule has 1 heterocycles. The average Bonchev–Trinajstić information content (AvgIpc) is 2.26. The third kappa shape index (κ3) is 3.69. The second kappa shape index (κ2) is 6.37. The number of piperidine rings is 1. The highest BCUT2D eigenvalue weighted by molar-refractivity contribution is 4.97. The highest BCUT2D eigenvalue weighted by atomic mass is 15.1. The monoisotopic (exact) mass is 237 g/mol. The Labute approximate surface area is 106 Å². The molecule has 0 N–H and O–H groups in total. The molecule has 0 aliphatic carbocycles. The number of nitrogens with zero attached hydrogens (tertiary/aromatic N) is 3. The van der Waals surface area contributed by atoms with E-state index in [2.05, 4.69) is 50.9 Å². The maximum Gasteiger partial charge on any atom is 0.0675 e. The number of hydrogen-bond donors (Lipinski definition) is 0. The summed E-state index contributed by atoms with van der Waals surface area (Å²) >= 11 is 0. The molecule has 1 aliphatic rings. The quantitative estimate of drug-likeness (QED) is 0.749. The second-order valence-corrected chi connectivity index (χ2v) is 5.99. The molecule has 1 aliphatic heterocycles. The third-order valence-corrected chi connectivity index (χ3v) is 4.08. The van der Waals surface area contributed by atoms with E-state index in [9.17, 15) is 5.26 Å². The van der Waals surface area contributed by atoms with Crippen LogP contribution in [0.5, 0.6) is 0 Å². The lowest BCUT2D eigenvalue weighted by Gasteiger charge is -2.40. The Bertz CT molecular complexity index is 259. The van der Waals surface area contributed by atoms with Crippen molar-refractivity contribution < 1.29 is 0 Å². The summed E-state index contributed by atoms with van der Waals surface area (Å²) in [6.07, 6.45) is 2.45. The highest BCUT2D eigenvalue weighted by Crippen LogP contribution is 2.30. The first kappa shape index (κ1) is 14.5. The van der Waals surface area contributed by atoms with Gasteiger partial charge in [-0.2, -0.15) is 5.26 Å². The van der Waals surface area contributed by atoms with Gasteiger partial charge in [-0.25, -0.2) is 0 Å². The van der Waals surface area contributed by atoms with Crippen LogP contribution in [0, 0.1) is 29.1 Å². The number of hydrogen-bond acceptors (Lipinski definition) is 3. The van der Waals surface area contributed by atoms with Gasteiger partial charge in [0.05, 0.1) is 12.0 Å². The van der Waals surface area contributed by atoms with Crippen LogP contribution in [0.2, 0.25) is 0 Å². The summed E-state index contributed by atoms with van der Waals surface area (Å²) in [6, 6.07) is 2.95. The summed E-state index contributed by atoms with van der Waals surface area (Å²) in [6.45, 7) is 6.68. The Balaban J connectivity index is 2.75. The van der Waals surface area contributed by atoms with Crippen molar-refractivity contribution in [1.82, 2.24) is 9.80 Å². The number of nitriles is 1. The molecule has 3 nitrogen and oxygen atoms in total. The predicted molar refractivity (Wildman–Crippen MR) is 71.6 cm³/mol. The zero-order valence-corrected chi connectivity index (χ0v) is 12.0. The molecule has 0 spiro atoms. The molecule has 1 rings (SSSR count). The lowest BCUT2D eigenvalue weighted by Crippen LogP contribution is -2.46. The Morgan fingerprint density at radius 2 is 1.76 bits per heavy atom. The van der Waals surface area contributed by atoms with E-state index in [-0.39, 0.29) is 5.92 Å². The van der Waals surface area contributed by atoms with Crippen LogP contribution in [0.4, 0.5) is 0 Å². The Morgan fingerprint density at radius 3 is 2.12 bits per heavy atom. The lowest BCUT2D eigenvalue weighted by molar-refractivity contribution is 0.0916. The minimum Gasteiger partial charge on any atom is -0.306 e. The van der Waals surface area contributed by atoms with Crippen LogP contribution < -0.4 is 0 Å². The van der Waals surface area contributed by atoms with Gasteiger partial charge in [-0.05, 0) is 58.9 Å². The largest absolute Gasteiger partial charge is 0.306 e. The summed E-state index contributed by atoms with van der Waals surface area (Å²) in [5.74, 6) is 1.26. The molecular weight excluding hydrogens is 210 g/mol. The maximum absolute atomic E-state index is 9.41. The molecule has 0 amide bonds. The first-order valence-electron chi connectivity index (χ1n) is 6.72. The van der Waals surface area contributed by atoms with E-state index >= 15 is 0 Å². The van der Waals surface area contributed by atoms with Crippen LogP contribution in [0.1, 0.15) is 26.7 Å². The average molecular weight is 237 g/mol. The zero-order valence-electron chi connectivity index (χ0n) is 12.0. The molecular formula is C14H27N3. The molecule has 0 saturated carbocycles. The van der Waals surface area contributed by atoms with Crippen molar-refractivity contribution in [2.45, 2.75) is 32.7 Å². The first-order chi connectivity index (χ1) is 7.97. The van der Waals surface area contributed by atoms with E-state index in [1.807, 2.05) is 0 Å². The smallest absolute Gasteiger partial charge is 0.0675 e. The van der Waals surface area contributed by atoms with E-state index in [0.717, 1.165) is 0 Å². The second-order valence-electron chi connectivity index (χ2n) is 5.99. The predicted octanol–water partition coefficient (Wildman–Crippen LogP) is 2.05. The first-order valence-corrected chi connectivity index (χ1v) is 6.72. The lowest BCUT2D eigenvalue weighted by atomic mass is 9.77. The van der Waals surface area contributed by atoms with Crippen LogP contribution in [-0.4, -0.2) is 50.1 Å². The maximum atomic E-state index is 9.41. The van der Waals surface area contributed by atoms with Gasteiger partial charge >= 0.3 is 0 Å². The Hall–Kier alpha value is -0.590. The van der Waals surface area contributed by atoms with E-state index in [1.165, 1.54) is 25.9 Å². The zero-order chi connectivity index (χ0) is 13.0. The summed E-state index contributed by atoms with van der Waals surface area (Å²) in [5, 5.41) is 9.41. The van der Waals surface area contributed by atoms with Crippen LogP contribution >= 0.6 is 0 Å². The number of likely N-dealkylation sites (tertiary alicyclic amines) is 1. The van der Waals surface area contributed by atoms with Crippen molar-refractivity contribution in [2.24, 2.45) is 17.8 Å². The van der Waals surface area contributed by atoms with E-state index in [1.54, 1.807) is 0 Å². The van der Waals surface area contributed by atoms with Gasteiger partial charge in [-0.3, -0.25) is 0 Å². The van der Waals surface area contributed by atoms with Crippen LogP contribution in [0.25, 0.3) is 0 Å². The molecule has 0 bridgehead atoms. The van der Waals surface area contributed by atoms with Crippen LogP contribution in [-0.2, 0) is 0 Å². The normalized spacial score (nSPS) is 22.7. The summed E-state index contributed by atoms with van der Waals surface area (Å²) in [7, 11) is 6.43. The van der Waals surface area contributed by atoms with Crippen molar-refractivity contribution in [3.8, 4) is 6.07 Å². The van der Waals surface area contributed by atoms with Crippen molar-refractivity contribution in [3.63, 3.8) is 0 Å². The SMILES string of the molecule is CC(C)C(C#N)C(C1CCN(C)CC1)N(C)C. The van der Waals surface area contributed by atoms with Gasteiger partial charge in [0, 0.05) is 6.04 Å². The molecule has 2 unspecified atom stereocenters. The Morgan fingerprint density at radius 1 is 1.24 bits per heavy atom. The minimum atomic E-state index is 0.151. The van der Waals surface area contributed by atoms with Crippen molar-refractivity contribution in [2.75, 3.05) is 34.2 Å². The van der Waals surface area contributed by atoms with Crippen molar-refractivity contribution >= 4 is 0 Å². The molecule has 2 atom stereocenters. The molecule has 0 aromatic rings. The molecule has 0 radical (unpaired) electrons. The van der Waals surface area contributed by atoms with E-state index in [0.29, 0.717) is 17.9 Å². The van der Waals surface area contributed by atoms with Gasteiger partial charge in [0.1, 0.15) is 0 Å². The molecule has 1 fully saturated rings. The van der Waals surface area contributed by atoms with Crippen molar-refractivity contribution in [1.29, 1.82) is 5.26 Å². The van der Waals surface area contributed by atoms with Crippen molar-refractivity contribution in [3.05, 3.63) is 0 Å². The standard InChI is InChI=1S/C14H27N3/c1-11(2)13(10-15)14(16(3)4)12-6-8-17(5)9-7-12/h11-14H,6-9H2,1-5H3. The topological polar surface area (TPSA) is 30.3 Å². The fourth-order valence-electron chi connectivity index (χ4n) is 3.03. The van der Waals surface area contributed by atoms with Crippen LogP contribution in [0.15, 0.2) is 0 Å². The molecule has 98 valence electrons. The fourth-order valence-corrected chi connectivity index (χ4v) is 3.03. The molecule has 0 aromatic heterocycles. The van der Waals surface area contributed by atoms with Gasteiger partial charge in [-0.15, -0.1) is 0 Å². The Kier molecular flexibility index (Phi) is 5.42. The number of rotatable bonds is 4. The fraction of sp³-hybridized carbons (Fsp3) is 0.929. The summed E-state index contributed by atoms with van der Waals surface area (Å²) < 4.78 is 0. The molecule has 1 saturated heterocycles. The van der Waals surface area contributed by atoms with Gasteiger partial charge < -0.3 is 9.80 Å². The van der Waals surface area contributed by atoms with Gasteiger partial charge in [0.15, 0.2) is 0 Å². The summed E-state index contributed by atoms with van der Waals surface area (Å²) in [5.41, 5.74) is 0. The molecule has 3 heteroatoms. The van der Waals surface area contributed by atoms with E-state index in [4.69, 9.17) is 0 Å². The molecule has 0 aromatic carbocycles. The van der Waals surface area contributed by atoms with Crippen LogP contribution in [0.3, 0.4) is 0 Å². The highest BCUT2D eigenvalue weighted by Gasteiger charge is 2.34. The third-order valence-electron chi connectivity index (χ3n) is 4.08. The molecule has 17 heavy (non-hydrogen) atoms. The van der Waals surface area contributed by atoms with E-state index < -0.39 is 0 Å². The van der Waals surface area contributed by atoms with Gasteiger partial charge in [0.2, 0.25) is 0 Å². The van der Waals surface area contributed by atoms with Gasteiger partial charge in [0.25, 0.3) is 0 Å². The minimum absolute atomic E-state index is 0.151. The summed E-state index contributed by atoms with van der Waals surface area (Å²) in [4.78, 5) is 4.66.